The fourth-order valence-electron chi connectivity index (χ4n) is 3.07. The van der Waals surface area contributed by atoms with E-state index in [0.29, 0.717) is 0 Å². The maximum absolute atomic E-state index is 12.8. The Morgan fingerprint density at radius 1 is 1.45 bits per heavy atom. The number of phosphoric acid groups is 1. The number of alkyl halides is 1. The summed E-state index contributed by atoms with van der Waals surface area (Å²) in [5, 5.41) is 9.16. The number of aromatic nitrogens is 2. The van der Waals surface area contributed by atoms with Crippen LogP contribution in [0.2, 0.25) is 0 Å². The highest BCUT2D eigenvalue weighted by Crippen LogP contribution is 2.59. The largest absolute Gasteiger partial charge is 0.475 e. The Morgan fingerprint density at radius 3 is 2.81 bits per heavy atom. The smallest absolute Gasteiger partial charge is 0.463 e. The number of nitrogens with one attached hydrogen (secondary N) is 1. The standard InChI is InChI=1S/C17H24ClN2O10P/c1-16(2,9-21)14(23)26-6-7-27-31(25)28-8-10-12(30-31)17(3,18)13(29-10)20-5-4-11(22)19-15(20)24/h4-5,10,12-13,21H,6-9H2,1-3H3,(H,19,22,24)/t10-,12-,13-,17-,31?/m1/s1. The van der Waals surface area contributed by atoms with Crippen LogP contribution in [0.3, 0.4) is 0 Å². The zero-order chi connectivity index (χ0) is 23.0. The van der Waals surface area contributed by atoms with Crippen LogP contribution in [0, 0.1) is 5.41 Å². The van der Waals surface area contributed by atoms with Crippen molar-refractivity contribution in [3.63, 3.8) is 0 Å². The van der Waals surface area contributed by atoms with Gasteiger partial charge in [-0.3, -0.25) is 32.7 Å². The van der Waals surface area contributed by atoms with Crippen LogP contribution in [0.5, 0.6) is 0 Å². The van der Waals surface area contributed by atoms with Crippen molar-refractivity contribution in [2.24, 2.45) is 5.41 Å². The van der Waals surface area contributed by atoms with Gasteiger partial charge in [0.05, 0.1) is 25.2 Å². The van der Waals surface area contributed by atoms with Crippen molar-refractivity contribution in [3.8, 4) is 0 Å². The van der Waals surface area contributed by atoms with E-state index in [0.717, 1.165) is 10.6 Å². The summed E-state index contributed by atoms with van der Waals surface area (Å²) in [6, 6.07) is 1.14. The zero-order valence-corrected chi connectivity index (χ0v) is 18.8. The van der Waals surface area contributed by atoms with Gasteiger partial charge in [-0.1, -0.05) is 0 Å². The number of aliphatic hydroxyl groups excluding tert-OH is 1. The molecule has 3 heterocycles. The quantitative estimate of drug-likeness (QED) is 0.243. The van der Waals surface area contributed by atoms with Gasteiger partial charge in [-0.05, 0) is 20.8 Å². The number of aromatic amines is 1. The summed E-state index contributed by atoms with van der Waals surface area (Å²) in [6.45, 7) is 3.46. The normalized spacial score (nSPS) is 33.1. The van der Waals surface area contributed by atoms with E-state index in [2.05, 4.69) is 4.98 Å². The molecule has 1 unspecified atom stereocenters. The average molecular weight is 483 g/mol. The number of aliphatic hydroxyl groups is 1. The van der Waals surface area contributed by atoms with Gasteiger partial charge < -0.3 is 14.6 Å². The van der Waals surface area contributed by atoms with Gasteiger partial charge in [0, 0.05) is 12.3 Å². The molecule has 2 aliphatic rings. The van der Waals surface area contributed by atoms with Crippen molar-refractivity contribution in [2.75, 3.05) is 26.4 Å². The number of carbonyl (C=O) groups is 1. The first-order valence-electron chi connectivity index (χ1n) is 9.41. The van der Waals surface area contributed by atoms with Gasteiger partial charge in [-0.15, -0.1) is 11.6 Å². The summed E-state index contributed by atoms with van der Waals surface area (Å²) in [4.78, 5) is 36.0. The fraction of sp³-hybridized carbons (Fsp3) is 0.706. The number of hydrogen-bond donors (Lipinski definition) is 2. The molecule has 3 rings (SSSR count). The zero-order valence-electron chi connectivity index (χ0n) is 17.1. The molecule has 0 aliphatic carbocycles. The van der Waals surface area contributed by atoms with Crippen LogP contribution in [-0.4, -0.2) is 64.1 Å². The number of rotatable bonds is 7. The molecule has 5 atom stereocenters. The molecule has 0 aromatic carbocycles. The maximum atomic E-state index is 12.8. The molecule has 0 saturated carbocycles. The maximum Gasteiger partial charge on any atom is 0.475 e. The molecule has 2 fully saturated rings. The van der Waals surface area contributed by atoms with Gasteiger partial charge in [0.25, 0.3) is 5.56 Å². The SMILES string of the molecule is CC(C)(CO)C(=O)OCCOP1(=O)OC[C@H]2O[C@@H](n3ccc(=O)[nH]c3=O)[C@](C)(Cl)[C@@H]2O1. The van der Waals surface area contributed by atoms with E-state index in [1.165, 1.54) is 27.0 Å². The minimum atomic E-state index is -4.06. The highest BCUT2D eigenvalue weighted by atomic mass is 35.5. The second-order valence-electron chi connectivity index (χ2n) is 7.98. The molecule has 31 heavy (non-hydrogen) atoms. The summed E-state index contributed by atoms with van der Waals surface area (Å²) in [5.41, 5.74) is -2.38. The number of H-pyrrole nitrogens is 1. The topological polar surface area (TPSA) is 155 Å². The number of halogens is 1. The number of ether oxygens (including phenoxy) is 2. The minimum Gasteiger partial charge on any atom is -0.463 e. The average Bonchev–Trinajstić information content (AvgIpc) is 2.95. The first-order chi connectivity index (χ1) is 14.4. The van der Waals surface area contributed by atoms with Crippen LogP contribution < -0.4 is 11.2 Å². The van der Waals surface area contributed by atoms with E-state index in [-0.39, 0.29) is 19.8 Å². The van der Waals surface area contributed by atoms with E-state index in [1.54, 1.807) is 0 Å². The van der Waals surface area contributed by atoms with E-state index in [9.17, 15) is 18.9 Å². The molecular formula is C17H24ClN2O10P. The summed E-state index contributed by atoms with van der Waals surface area (Å²) >= 11 is 6.62. The van der Waals surface area contributed by atoms with Crippen molar-refractivity contribution >= 4 is 25.4 Å². The van der Waals surface area contributed by atoms with Gasteiger partial charge in [0.2, 0.25) is 0 Å². The lowest BCUT2D eigenvalue weighted by molar-refractivity contribution is -0.157. The first kappa shape index (κ1) is 24.1. The molecule has 14 heteroatoms. The molecular weight excluding hydrogens is 459 g/mol. The van der Waals surface area contributed by atoms with Crippen molar-refractivity contribution < 1.29 is 37.5 Å². The number of hydrogen-bond acceptors (Lipinski definition) is 10. The summed E-state index contributed by atoms with van der Waals surface area (Å²) in [5.74, 6) is -0.644. The third-order valence-electron chi connectivity index (χ3n) is 4.94. The monoisotopic (exact) mass is 482 g/mol. The van der Waals surface area contributed by atoms with E-state index < -0.39 is 60.4 Å². The van der Waals surface area contributed by atoms with E-state index in [1.807, 2.05) is 0 Å². The number of fused-ring (bicyclic) bond motifs is 1. The fourth-order valence-corrected chi connectivity index (χ4v) is 4.93. The number of phosphoric ester groups is 1. The van der Waals surface area contributed by atoms with Crippen molar-refractivity contribution in [1.29, 1.82) is 0 Å². The summed E-state index contributed by atoms with van der Waals surface area (Å²) in [7, 11) is -4.06. The van der Waals surface area contributed by atoms with Crippen LogP contribution in [0.1, 0.15) is 27.0 Å². The Balaban J connectivity index is 1.64. The highest BCUT2D eigenvalue weighted by Gasteiger charge is 2.60. The van der Waals surface area contributed by atoms with Crippen LogP contribution in [0.15, 0.2) is 21.9 Å². The molecule has 0 amide bonds. The lowest BCUT2D eigenvalue weighted by Gasteiger charge is -2.34. The molecule has 0 bridgehead atoms. The highest BCUT2D eigenvalue weighted by molar-refractivity contribution is 7.48. The molecule has 2 N–H and O–H groups in total. The van der Waals surface area contributed by atoms with Crippen molar-refractivity contribution in [3.05, 3.63) is 33.1 Å². The predicted molar refractivity (Wildman–Crippen MR) is 106 cm³/mol. The lowest BCUT2D eigenvalue weighted by atomic mass is 9.95. The lowest BCUT2D eigenvalue weighted by Crippen LogP contribution is -2.45. The summed E-state index contributed by atoms with van der Waals surface area (Å²) in [6.07, 6.45) is -1.51. The number of carbonyl (C=O) groups excluding carboxylic acids is 1. The molecule has 2 aliphatic heterocycles. The molecule has 1 aromatic rings. The summed E-state index contributed by atoms with van der Waals surface area (Å²) < 4.78 is 40.6. The molecule has 12 nitrogen and oxygen atoms in total. The Bertz CT molecular complexity index is 990. The van der Waals surface area contributed by atoms with Crippen LogP contribution >= 0.6 is 19.4 Å². The Labute approximate surface area is 182 Å². The van der Waals surface area contributed by atoms with Gasteiger partial charge >= 0.3 is 19.5 Å². The molecule has 2 saturated heterocycles. The predicted octanol–water partition coefficient (Wildman–Crippen LogP) is 0.533. The third kappa shape index (κ3) is 4.95. The van der Waals surface area contributed by atoms with Gasteiger partial charge in [-0.2, -0.15) is 0 Å². The molecule has 0 radical (unpaired) electrons. The molecule has 174 valence electrons. The molecule has 0 spiro atoms. The van der Waals surface area contributed by atoms with Crippen LogP contribution in [0.25, 0.3) is 0 Å². The number of nitrogens with zero attached hydrogens (tertiary/aromatic N) is 1. The second kappa shape index (κ2) is 8.78. The van der Waals surface area contributed by atoms with E-state index >= 15 is 0 Å². The van der Waals surface area contributed by atoms with Gasteiger partial charge in [0.1, 0.15) is 23.7 Å². The van der Waals surface area contributed by atoms with Crippen molar-refractivity contribution in [2.45, 2.75) is 44.1 Å². The Hall–Kier alpha value is -1.53. The van der Waals surface area contributed by atoms with Crippen molar-refractivity contribution in [1.82, 2.24) is 9.55 Å². The van der Waals surface area contributed by atoms with Gasteiger partial charge in [0.15, 0.2) is 6.23 Å². The first-order valence-corrected chi connectivity index (χ1v) is 11.2. The Kier molecular flexibility index (Phi) is 6.83. The van der Waals surface area contributed by atoms with E-state index in [4.69, 9.17) is 39.8 Å². The minimum absolute atomic E-state index is 0.184. The number of esters is 1. The van der Waals surface area contributed by atoms with Crippen LogP contribution in [-0.2, 0) is 32.4 Å². The van der Waals surface area contributed by atoms with Crippen LogP contribution in [0.4, 0.5) is 0 Å². The molecule has 1 aromatic heterocycles. The van der Waals surface area contributed by atoms with Gasteiger partial charge in [-0.25, -0.2) is 9.36 Å². The Morgan fingerprint density at radius 2 is 2.16 bits per heavy atom. The second-order valence-corrected chi connectivity index (χ2v) is 10.4. The third-order valence-corrected chi connectivity index (χ3v) is 6.79.